The summed E-state index contributed by atoms with van der Waals surface area (Å²) in [5.41, 5.74) is -1.71. The van der Waals surface area contributed by atoms with Gasteiger partial charge in [-0.3, -0.25) is 4.79 Å². The average molecular weight is 548 g/mol. The number of aliphatic hydroxyl groups is 1. The molecule has 0 spiro atoms. The van der Waals surface area contributed by atoms with E-state index < -0.39 is 44.1 Å². The zero-order chi connectivity index (χ0) is 27.7. The van der Waals surface area contributed by atoms with E-state index in [2.05, 4.69) is 17.1 Å². The number of rotatable bonds is 10. The number of pyridine rings is 1. The lowest BCUT2D eigenvalue weighted by Crippen LogP contribution is -2.72. The minimum absolute atomic E-state index is 0.0964. The number of carbonyl (C=O) groups is 1. The van der Waals surface area contributed by atoms with Gasteiger partial charge in [0.05, 0.1) is 17.3 Å². The second kappa shape index (κ2) is 10.5. The quantitative estimate of drug-likeness (QED) is 0.346. The highest BCUT2D eigenvalue weighted by Crippen LogP contribution is 2.61. The number of ether oxygens (including phenoxy) is 1. The van der Waals surface area contributed by atoms with Crippen molar-refractivity contribution >= 4 is 15.8 Å². The molecule has 0 amide bonds. The Bertz CT molecular complexity index is 1390. The second-order valence-electron chi connectivity index (χ2n) is 11.3. The van der Waals surface area contributed by atoms with Gasteiger partial charge in [-0.15, -0.1) is 0 Å². The fourth-order valence-corrected chi connectivity index (χ4v) is 8.56. The minimum Gasteiger partial charge on any atom is -0.457 e. The van der Waals surface area contributed by atoms with Crippen molar-refractivity contribution < 1.29 is 23.1 Å². The Labute approximate surface area is 231 Å². The van der Waals surface area contributed by atoms with Crippen molar-refractivity contribution in [1.82, 2.24) is 4.98 Å². The number of sulfone groups is 1. The van der Waals surface area contributed by atoms with Crippen molar-refractivity contribution in [1.29, 1.82) is 0 Å². The topological polar surface area (TPSA) is 93.6 Å². The molecule has 39 heavy (non-hydrogen) atoms. The summed E-state index contributed by atoms with van der Waals surface area (Å²) < 4.78 is 34.0. The maximum Gasteiger partial charge on any atom is 0.316 e. The van der Waals surface area contributed by atoms with Gasteiger partial charge in [-0.2, -0.15) is 0 Å². The van der Waals surface area contributed by atoms with Crippen LogP contribution >= 0.6 is 0 Å². The number of hydrogen-bond acceptors (Lipinski definition) is 6. The third-order valence-electron chi connectivity index (χ3n) is 9.03. The predicted molar refractivity (Wildman–Crippen MR) is 150 cm³/mol. The molecule has 2 fully saturated rings. The van der Waals surface area contributed by atoms with E-state index in [1.807, 2.05) is 62.4 Å². The Hall–Kier alpha value is -3.03. The van der Waals surface area contributed by atoms with E-state index in [0.717, 1.165) is 17.5 Å². The van der Waals surface area contributed by atoms with Crippen molar-refractivity contribution in [2.75, 3.05) is 5.75 Å². The van der Waals surface area contributed by atoms with Crippen LogP contribution < -0.4 is 0 Å². The van der Waals surface area contributed by atoms with E-state index >= 15 is 0 Å². The smallest absolute Gasteiger partial charge is 0.316 e. The Morgan fingerprint density at radius 1 is 0.949 bits per heavy atom. The van der Waals surface area contributed by atoms with Crippen LogP contribution in [0.5, 0.6) is 0 Å². The molecule has 1 aliphatic heterocycles. The van der Waals surface area contributed by atoms with E-state index in [0.29, 0.717) is 32.1 Å². The number of aliphatic hydroxyl groups excluding tert-OH is 1. The lowest BCUT2D eigenvalue weighted by molar-refractivity contribution is -0.233. The van der Waals surface area contributed by atoms with E-state index in [1.165, 1.54) is 12.3 Å². The summed E-state index contributed by atoms with van der Waals surface area (Å²) in [6, 6.07) is 24.4. The Morgan fingerprint density at radius 3 is 2.18 bits per heavy atom. The van der Waals surface area contributed by atoms with Gasteiger partial charge < -0.3 is 9.84 Å². The van der Waals surface area contributed by atoms with E-state index in [4.69, 9.17) is 4.74 Å². The maximum atomic E-state index is 14.3. The Balaban J connectivity index is 1.65. The van der Waals surface area contributed by atoms with E-state index in [1.54, 1.807) is 12.1 Å². The van der Waals surface area contributed by atoms with Gasteiger partial charge in [0.1, 0.15) is 11.0 Å². The first-order chi connectivity index (χ1) is 18.7. The highest BCUT2D eigenvalue weighted by molar-refractivity contribution is 7.91. The van der Waals surface area contributed by atoms with Crippen molar-refractivity contribution in [3.05, 3.63) is 96.2 Å². The zero-order valence-corrected chi connectivity index (χ0v) is 23.4. The first-order valence-electron chi connectivity index (χ1n) is 13.8. The Kier molecular flexibility index (Phi) is 7.42. The summed E-state index contributed by atoms with van der Waals surface area (Å²) in [5, 5.41) is 12.5. The molecule has 4 atom stereocenters. The number of aromatic nitrogens is 1. The molecular formula is C32H37NO5S. The van der Waals surface area contributed by atoms with Gasteiger partial charge in [-0.25, -0.2) is 13.4 Å². The van der Waals surface area contributed by atoms with Gasteiger partial charge in [-0.1, -0.05) is 80.1 Å². The molecule has 2 aliphatic rings. The maximum absolute atomic E-state index is 14.3. The lowest BCUT2D eigenvalue weighted by Gasteiger charge is -2.60. The van der Waals surface area contributed by atoms with Gasteiger partial charge in [0.15, 0.2) is 14.9 Å². The van der Waals surface area contributed by atoms with Crippen molar-refractivity contribution in [3.63, 3.8) is 0 Å². The predicted octanol–water partition coefficient (Wildman–Crippen LogP) is 5.30. The summed E-state index contributed by atoms with van der Waals surface area (Å²) >= 11 is 0. The molecule has 1 N–H and O–H groups in total. The van der Waals surface area contributed by atoms with Crippen LogP contribution in [0, 0.1) is 11.3 Å². The van der Waals surface area contributed by atoms with Crippen LogP contribution in [0.1, 0.15) is 57.1 Å². The molecule has 206 valence electrons. The van der Waals surface area contributed by atoms with Crippen molar-refractivity contribution in [3.8, 4) is 0 Å². The molecule has 7 heteroatoms. The van der Waals surface area contributed by atoms with Gasteiger partial charge in [0.25, 0.3) is 0 Å². The van der Waals surface area contributed by atoms with Gasteiger partial charge in [0.2, 0.25) is 0 Å². The van der Waals surface area contributed by atoms with E-state index in [9.17, 15) is 18.3 Å². The Morgan fingerprint density at radius 2 is 1.59 bits per heavy atom. The molecule has 1 aliphatic carbocycles. The SMILES string of the molecule is CCCC1(CCc2ccccc2)OC(=O)C(CS(=O)(=O)c2ccccn2)(C2CC2)C(O)C1(C)c1ccccc1. The summed E-state index contributed by atoms with van der Waals surface area (Å²) in [5.74, 6) is -1.42. The van der Waals surface area contributed by atoms with Gasteiger partial charge in [-0.05, 0) is 68.2 Å². The van der Waals surface area contributed by atoms with Gasteiger partial charge in [0, 0.05) is 6.20 Å². The molecule has 5 rings (SSSR count). The molecular weight excluding hydrogens is 510 g/mol. The highest BCUT2D eigenvalue weighted by Gasteiger charge is 2.72. The third kappa shape index (κ3) is 4.70. The summed E-state index contributed by atoms with van der Waals surface area (Å²) in [6.45, 7) is 4.01. The fraction of sp³-hybridized carbons (Fsp3) is 0.438. The summed E-state index contributed by atoms with van der Waals surface area (Å²) in [6.07, 6.45) is 3.93. The number of aryl methyl sites for hydroxylation is 1. The van der Waals surface area contributed by atoms with Crippen LogP contribution in [-0.2, 0) is 31.2 Å². The molecule has 0 radical (unpaired) electrons. The molecule has 0 bridgehead atoms. The highest BCUT2D eigenvalue weighted by atomic mass is 32.2. The fourth-order valence-electron chi connectivity index (χ4n) is 6.76. The van der Waals surface area contributed by atoms with Crippen LogP contribution in [0.3, 0.4) is 0 Å². The molecule has 3 aromatic rings. The van der Waals surface area contributed by atoms with Crippen molar-refractivity contribution in [2.45, 2.75) is 74.5 Å². The third-order valence-corrected chi connectivity index (χ3v) is 10.8. The number of esters is 1. The molecule has 2 aromatic carbocycles. The molecule has 6 nitrogen and oxygen atoms in total. The molecule has 2 heterocycles. The van der Waals surface area contributed by atoms with Crippen LogP contribution in [-0.4, -0.2) is 41.9 Å². The second-order valence-corrected chi connectivity index (χ2v) is 13.3. The van der Waals surface area contributed by atoms with Crippen LogP contribution in [0.4, 0.5) is 0 Å². The zero-order valence-electron chi connectivity index (χ0n) is 22.6. The number of carbonyl (C=O) groups excluding carboxylic acids is 1. The number of nitrogens with zero attached hydrogens (tertiary/aromatic N) is 1. The van der Waals surface area contributed by atoms with Crippen molar-refractivity contribution in [2.24, 2.45) is 11.3 Å². The lowest BCUT2D eigenvalue weighted by atomic mass is 9.53. The molecule has 1 aromatic heterocycles. The summed E-state index contributed by atoms with van der Waals surface area (Å²) in [4.78, 5) is 18.3. The summed E-state index contributed by atoms with van der Waals surface area (Å²) in [7, 11) is -4.00. The molecule has 1 saturated carbocycles. The largest absolute Gasteiger partial charge is 0.457 e. The monoisotopic (exact) mass is 547 g/mol. The normalized spacial score (nSPS) is 29.1. The first kappa shape index (κ1) is 27.5. The van der Waals surface area contributed by atoms with Gasteiger partial charge >= 0.3 is 5.97 Å². The minimum atomic E-state index is -4.00. The number of benzene rings is 2. The first-order valence-corrected chi connectivity index (χ1v) is 15.5. The average Bonchev–Trinajstić information content (AvgIpc) is 3.81. The molecule has 1 saturated heterocycles. The van der Waals surface area contributed by atoms with E-state index in [-0.39, 0.29) is 10.9 Å². The standard InChI is InChI=1S/C32H37NO5S/c1-3-20-31(21-19-24-12-6-4-7-13-24)30(2,25-14-8-5-9-15-25)28(34)32(26-17-18-26,29(35)38-31)23-39(36,37)27-16-10-11-22-33-27/h4-16,22,26,28,34H,3,17-21,23H2,1-2H3. The number of hydrogen-bond donors (Lipinski definition) is 1. The number of cyclic esters (lactones) is 1. The van der Waals surface area contributed by atoms with Crippen LogP contribution in [0.15, 0.2) is 90.1 Å². The molecule has 4 unspecified atom stereocenters. The van der Waals surface area contributed by atoms with Crippen LogP contribution in [0.2, 0.25) is 0 Å². The van der Waals surface area contributed by atoms with Crippen LogP contribution in [0.25, 0.3) is 0 Å².